The van der Waals surface area contributed by atoms with Gasteiger partial charge in [0.25, 0.3) is 5.91 Å². The number of halogens is 1. The quantitative estimate of drug-likeness (QED) is 0.602. The molecule has 0 spiro atoms. The molecule has 1 aliphatic carbocycles. The highest BCUT2D eigenvalue weighted by Crippen LogP contribution is 2.27. The molecule has 1 aliphatic rings. The number of carbonyl (C=O) groups is 2. The molecule has 0 bridgehead atoms. The van der Waals surface area contributed by atoms with Crippen LogP contribution in [0.5, 0.6) is 0 Å². The fourth-order valence-electron chi connectivity index (χ4n) is 3.93. The molecule has 1 N–H and O–H groups in total. The van der Waals surface area contributed by atoms with Crippen LogP contribution in [-0.4, -0.2) is 32.3 Å². The summed E-state index contributed by atoms with van der Waals surface area (Å²) in [5.41, 5.74) is 1.60. The zero-order valence-corrected chi connectivity index (χ0v) is 17.7. The molecule has 0 radical (unpaired) electrons. The smallest absolute Gasteiger partial charge is 0.276 e. The van der Waals surface area contributed by atoms with Gasteiger partial charge in [0.05, 0.1) is 0 Å². The van der Waals surface area contributed by atoms with E-state index in [0.29, 0.717) is 11.1 Å². The Balaban J connectivity index is 1.71. The minimum atomic E-state index is -0.846. The van der Waals surface area contributed by atoms with Crippen molar-refractivity contribution in [2.75, 3.05) is 0 Å². The second-order valence-corrected chi connectivity index (χ2v) is 8.26. The maximum Gasteiger partial charge on any atom is 0.276 e. The molecule has 1 aromatic heterocycles. The lowest BCUT2D eigenvalue weighted by Crippen LogP contribution is -2.46. The van der Waals surface area contributed by atoms with E-state index in [1.807, 2.05) is 30.3 Å². The average Bonchev–Trinajstić information content (AvgIpc) is 3.49. The first kappa shape index (κ1) is 21.1. The summed E-state index contributed by atoms with van der Waals surface area (Å²) in [5, 5.41) is 8.61. The van der Waals surface area contributed by atoms with Crippen molar-refractivity contribution in [2.24, 2.45) is 0 Å². The average molecular weight is 439 g/mol. The van der Waals surface area contributed by atoms with Gasteiger partial charge in [0, 0.05) is 18.0 Å². The molecular formula is C23H23FN4O2S. The van der Waals surface area contributed by atoms with Gasteiger partial charge in [0.15, 0.2) is 5.69 Å². The third-order valence-electron chi connectivity index (χ3n) is 5.48. The van der Waals surface area contributed by atoms with Crippen LogP contribution in [0, 0.1) is 5.82 Å². The summed E-state index contributed by atoms with van der Waals surface area (Å²) in [4.78, 5) is 28.4. The molecule has 1 unspecified atom stereocenters. The van der Waals surface area contributed by atoms with Crippen molar-refractivity contribution >= 4 is 23.3 Å². The van der Waals surface area contributed by atoms with Gasteiger partial charge in [-0.1, -0.05) is 59.8 Å². The van der Waals surface area contributed by atoms with Gasteiger partial charge in [-0.15, -0.1) is 5.10 Å². The van der Waals surface area contributed by atoms with E-state index in [0.717, 1.165) is 37.2 Å². The first-order valence-electron chi connectivity index (χ1n) is 10.3. The van der Waals surface area contributed by atoms with Crippen molar-refractivity contribution in [1.29, 1.82) is 0 Å². The van der Waals surface area contributed by atoms with Gasteiger partial charge in [-0.2, -0.15) is 0 Å². The molecule has 4 rings (SSSR count). The molecule has 1 heterocycles. The predicted molar refractivity (Wildman–Crippen MR) is 116 cm³/mol. The molecule has 8 heteroatoms. The normalized spacial score (nSPS) is 14.9. The maximum atomic E-state index is 13.5. The summed E-state index contributed by atoms with van der Waals surface area (Å²) in [7, 11) is 0. The first-order chi connectivity index (χ1) is 15.1. The molecule has 2 aromatic carbocycles. The molecular weight excluding hydrogens is 415 g/mol. The summed E-state index contributed by atoms with van der Waals surface area (Å²) < 4.78 is 17.2. The predicted octanol–water partition coefficient (Wildman–Crippen LogP) is 4.12. The second-order valence-electron chi connectivity index (χ2n) is 7.65. The van der Waals surface area contributed by atoms with E-state index in [1.54, 1.807) is 17.5 Å². The van der Waals surface area contributed by atoms with Crippen molar-refractivity contribution in [3.63, 3.8) is 0 Å². The number of hydrogen-bond acceptors (Lipinski definition) is 5. The highest BCUT2D eigenvalue weighted by Gasteiger charge is 2.34. The highest BCUT2D eigenvalue weighted by atomic mass is 32.1. The van der Waals surface area contributed by atoms with E-state index in [9.17, 15) is 14.0 Å². The van der Waals surface area contributed by atoms with Crippen LogP contribution < -0.4 is 5.32 Å². The fraction of sp³-hybridized carbons (Fsp3) is 0.304. The topological polar surface area (TPSA) is 75.2 Å². The fourth-order valence-corrected chi connectivity index (χ4v) is 4.36. The van der Waals surface area contributed by atoms with E-state index >= 15 is 0 Å². The monoisotopic (exact) mass is 438 g/mol. The Morgan fingerprint density at radius 1 is 1.10 bits per heavy atom. The highest BCUT2D eigenvalue weighted by molar-refractivity contribution is 7.03. The molecule has 1 atom stereocenters. The van der Waals surface area contributed by atoms with Gasteiger partial charge >= 0.3 is 0 Å². The largest absolute Gasteiger partial charge is 0.351 e. The van der Waals surface area contributed by atoms with Gasteiger partial charge in [0.1, 0.15) is 11.9 Å². The van der Waals surface area contributed by atoms with Gasteiger partial charge in [-0.25, -0.2) is 4.39 Å². The van der Waals surface area contributed by atoms with Gasteiger partial charge in [0.2, 0.25) is 5.91 Å². The maximum absolute atomic E-state index is 13.5. The Morgan fingerprint density at radius 2 is 1.81 bits per heavy atom. The number of nitrogens with one attached hydrogen (secondary N) is 1. The van der Waals surface area contributed by atoms with Crippen LogP contribution in [0.4, 0.5) is 4.39 Å². The van der Waals surface area contributed by atoms with Crippen molar-refractivity contribution in [2.45, 2.75) is 44.3 Å². The van der Waals surface area contributed by atoms with Crippen molar-refractivity contribution in [3.05, 3.63) is 82.6 Å². The van der Waals surface area contributed by atoms with Gasteiger partial charge in [-0.05, 0) is 47.6 Å². The third-order valence-corrected chi connectivity index (χ3v) is 5.99. The Labute approximate surface area is 184 Å². The summed E-state index contributed by atoms with van der Waals surface area (Å²) in [6.07, 6.45) is 4.05. The van der Waals surface area contributed by atoms with Crippen LogP contribution >= 0.6 is 11.5 Å². The number of nitrogens with zero attached hydrogens (tertiary/aromatic N) is 3. The summed E-state index contributed by atoms with van der Waals surface area (Å²) in [5.74, 6) is -0.978. The van der Waals surface area contributed by atoms with E-state index in [-0.39, 0.29) is 30.0 Å². The SMILES string of the molecule is O=C(NC1CCCC1)C(c1ccccc1)N(Cc1ccc(F)cc1)C(=O)c1csnn1. The molecule has 160 valence electrons. The number of rotatable bonds is 7. The second kappa shape index (κ2) is 9.78. The van der Waals surface area contributed by atoms with Crippen LogP contribution in [0.25, 0.3) is 0 Å². The Bertz CT molecular complexity index is 1010. The van der Waals surface area contributed by atoms with Gasteiger partial charge < -0.3 is 10.2 Å². The minimum Gasteiger partial charge on any atom is -0.351 e. The standard InChI is InChI=1S/C23H23FN4O2S/c24-18-12-10-16(11-13-18)14-28(23(30)20-15-31-27-26-20)21(17-6-2-1-3-7-17)22(29)25-19-8-4-5-9-19/h1-3,6-7,10-13,15,19,21H,4-5,8-9,14H2,(H,25,29). The third kappa shape index (κ3) is 5.14. The van der Waals surface area contributed by atoms with Crippen LogP contribution in [0.3, 0.4) is 0 Å². The molecule has 31 heavy (non-hydrogen) atoms. The number of aromatic nitrogens is 2. The van der Waals surface area contributed by atoms with Crippen molar-refractivity contribution < 1.29 is 14.0 Å². The van der Waals surface area contributed by atoms with Crippen LogP contribution in [-0.2, 0) is 11.3 Å². The summed E-state index contributed by atoms with van der Waals surface area (Å²) >= 11 is 1.08. The molecule has 0 aliphatic heterocycles. The number of benzene rings is 2. The first-order valence-corrected chi connectivity index (χ1v) is 11.1. The van der Waals surface area contributed by atoms with Crippen LogP contribution in [0.2, 0.25) is 0 Å². The summed E-state index contributed by atoms with van der Waals surface area (Å²) in [6.45, 7) is 0.133. The zero-order chi connectivity index (χ0) is 21.6. The lowest BCUT2D eigenvalue weighted by atomic mass is 10.0. The molecule has 6 nitrogen and oxygen atoms in total. The molecule has 3 aromatic rings. The summed E-state index contributed by atoms with van der Waals surface area (Å²) in [6, 6.07) is 14.4. The lowest BCUT2D eigenvalue weighted by molar-refractivity contribution is -0.126. The minimum absolute atomic E-state index is 0.113. The number of amides is 2. The van der Waals surface area contributed by atoms with E-state index < -0.39 is 11.9 Å². The van der Waals surface area contributed by atoms with Crippen LogP contribution in [0.15, 0.2) is 60.0 Å². The molecule has 1 fully saturated rings. The number of carbonyl (C=O) groups excluding carboxylic acids is 2. The molecule has 2 amide bonds. The molecule has 0 saturated heterocycles. The Hall–Kier alpha value is -3.13. The number of hydrogen-bond donors (Lipinski definition) is 1. The van der Waals surface area contributed by atoms with E-state index in [2.05, 4.69) is 14.9 Å². The van der Waals surface area contributed by atoms with Crippen molar-refractivity contribution in [1.82, 2.24) is 19.8 Å². The van der Waals surface area contributed by atoms with E-state index in [1.165, 1.54) is 17.0 Å². The molecule has 1 saturated carbocycles. The Morgan fingerprint density at radius 3 is 2.45 bits per heavy atom. The van der Waals surface area contributed by atoms with Crippen LogP contribution in [0.1, 0.15) is 53.3 Å². The van der Waals surface area contributed by atoms with Gasteiger partial charge in [-0.3, -0.25) is 9.59 Å². The Kier molecular flexibility index (Phi) is 6.66. The lowest BCUT2D eigenvalue weighted by Gasteiger charge is -2.32. The van der Waals surface area contributed by atoms with E-state index in [4.69, 9.17) is 0 Å². The zero-order valence-electron chi connectivity index (χ0n) is 16.9. The van der Waals surface area contributed by atoms with Crippen molar-refractivity contribution in [3.8, 4) is 0 Å².